The molecular formula is C32H34FN7O. The summed E-state index contributed by atoms with van der Waals surface area (Å²) in [4.78, 5) is 28.0. The first-order valence-electron chi connectivity index (χ1n) is 14.6. The molecule has 0 radical (unpaired) electrons. The largest absolute Gasteiger partial charge is 0.366 e. The van der Waals surface area contributed by atoms with Crippen LogP contribution in [0.25, 0.3) is 38.9 Å². The number of aromatic amines is 1. The topological polar surface area (TPSA) is 64.8 Å². The van der Waals surface area contributed by atoms with Crippen molar-refractivity contribution in [1.82, 2.24) is 33.6 Å². The smallest absolute Gasteiger partial charge is 0.320 e. The Bertz CT molecular complexity index is 1790. The molecule has 3 aliphatic rings. The number of nitrogens with zero attached hydrogens (tertiary/aromatic N) is 6. The number of H-pyrrole nitrogens is 1. The third-order valence-corrected chi connectivity index (χ3v) is 9.74. The summed E-state index contributed by atoms with van der Waals surface area (Å²) in [5.41, 5.74) is 6.98. The van der Waals surface area contributed by atoms with Crippen LogP contribution in [0.3, 0.4) is 0 Å². The van der Waals surface area contributed by atoms with Crippen molar-refractivity contribution in [2.45, 2.75) is 32.4 Å². The van der Waals surface area contributed by atoms with Gasteiger partial charge in [-0.1, -0.05) is 6.07 Å². The van der Waals surface area contributed by atoms with E-state index in [1.54, 1.807) is 12.1 Å². The molecule has 9 heteroatoms. The number of urea groups is 1. The third-order valence-electron chi connectivity index (χ3n) is 9.74. The molecule has 0 atom stereocenters. The number of halogens is 1. The number of imidazole rings is 1. The summed E-state index contributed by atoms with van der Waals surface area (Å²) in [5, 5.41) is 0.871. The van der Waals surface area contributed by atoms with Gasteiger partial charge in [0.2, 0.25) is 0 Å². The van der Waals surface area contributed by atoms with E-state index in [-0.39, 0.29) is 17.3 Å². The van der Waals surface area contributed by atoms with Crippen LogP contribution in [0.2, 0.25) is 0 Å². The minimum absolute atomic E-state index is 0.0877. The Hall–Kier alpha value is -4.11. The highest BCUT2D eigenvalue weighted by atomic mass is 19.1. The van der Waals surface area contributed by atoms with Crippen molar-refractivity contribution in [3.63, 3.8) is 0 Å². The molecule has 8 rings (SSSR count). The molecule has 2 saturated heterocycles. The molecule has 1 aromatic carbocycles. The van der Waals surface area contributed by atoms with Crippen molar-refractivity contribution in [2.24, 2.45) is 5.41 Å². The summed E-state index contributed by atoms with van der Waals surface area (Å²) in [5.74, 6) is -0.279. The quantitative estimate of drug-likeness (QED) is 0.318. The van der Waals surface area contributed by atoms with E-state index in [0.717, 1.165) is 89.9 Å². The van der Waals surface area contributed by atoms with E-state index in [4.69, 9.17) is 0 Å². The number of fused-ring (bicyclic) bond motifs is 1. The molecule has 0 aliphatic carbocycles. The van der Waals surface area contributed by atoms with Gasteiger partial charge in [0.15, 0.2) is 0 Å². The molecule has 4 aromatic heterocycles. The molecule has 2 amide bonds. The van der Waals surface area contributed by atoms with Gasteiger partial charge in [0.25, 0.3) is 0 Å². The lowest BCUT2D eigenvalue weighted by Gasteiger charge is -2.38. The Morgan fingerprint density at radius 2 is 1.80 bits per heavy atom. The Labute approximate surface area is 238 Å². The van der Waals surface area contributed by atoms with E-state index in [0.29, 0.717) is 19.6 Å². The van der Waals surface area contributed by atoms with Crippen LogP contribution in [-0.2, 0) is 13.1 Å². The fourth-order valence-electron chi connectivity index (χ4n) is 7.41. The van der Waals surface area contributed by atoms with E-state index >= 15 is 4.39 Å². The number of aromatic nitrogens is 4. The number of pyridine rings is 1. The van der Waals surface area contributed by atoms with Crippen LogP contribution < -0.4 is 0 Å². The summed E-state index contributed by atoms with van der Waals surface area (Å²) >= 11 is 0. The molecule has 210 valence electrons. The Kier molecular flexibility index (Phi) is 5.54. The predicted octanol–water partition coefficient (Wildman–Crippen LogP) is 5.44. The lowest BCUT2D eigenvalue weighted by molar-refractivity contribution is 0.118. The maximum absolute atomic E-state index is 15.2. The zero-order valence-corrected chi connectivity index (χ0v) is 23.3. The number of carbonyl (C=O) groups is 1. The summed E-state index contributed by atoms with van der Waals surface area (Å²) < 4.78 is 19.5. The minimum Gasteiger partial charge on any atom is -0.366 e. The highest BCUT2D eigenvalue weighted by Gasteiger charge is 2.42. The zero-order valence-electron chi connectivity index (χ0n) is 23.3. The summed E-state index contributed by atoms with van der Waals surface area (Å²) in [6.45, 7) is 5.53. The normalized spacial score (nSPS) is 19.1. The van der Waals surface area contributed by atoms with Crippen LogP contribution in [-0.4, -0.2) is 79.4 Å². The van der Waals surface area contributed by atoms with E-state index in [9.17, 15) is 4.79 Å². The van der Waals surface area contributed by atoms with Crippen LogP contribution in [0, 0.1) is 11.2 Å². The Morgan fingerprint density at radius 1 is 0.976 bits per heavy atom. The van der Waals surface area contributed by atoms with E-state index < -0.39 is 0 Å². The summed E-state index contributed by atoms with van der Waals surface area (Å²) in [6, 6.07) is 9.29. The molecular weight excluding hydrogens is 517 g/mol. The second-order valence-electron chi connectivity index (χ2n) is 12.2. The molecule has 41 heavy (non-hydrogen) atoms. The molecule has 7 heterocycles. The van der Waals surface area contributed by atoms with Gasteiger partial charge < -0.3 is 24.3 Å². The number of piperidine rings is 1. The number of carbonyl (C=O) groups excluding carboxylic acids is 1. The Morgan fingerprint density at radius 3 is 2.68 bits per heavy atom. The predicted molar refractivity (Wildman–Crippen MR) is 157 cm³/mol. The molecule has 5 aromatic rings. The molecule has 1 N–H and O–H groups in total. The molecule has 2 fully saturated rings. The van der Waals surface area contributed by atoms with Crippen molar-refractivity contribution in [2.75, 3.05) is 39.8 Å². The van der Waals surface area contributed by atoms with Crippen LogP contribution >= 0.6 is 0 Å². The summed E-state index contributed by atoms with van der Waals surface area (Å²) in [7, 11) is 2.18. The van der Waals surface area contributed by atoms with Crippen LogP contribution in [0.5, 0.6) is 0 Å². The monoisotopic (exact) mass is 551 g/mol. The van der Waals surface area contributed by atoms with Gasteiger partial charge in [0, 0.05) is 79.6 Å². The van der Waals surface area contributed by atoms with Gasteiger partial charge in [-0.15, -0.1) is 0 Å². The first kappa shape index (κ1) is 24.7. The number of amides is 2. The number of nitrogens with one attached hydrogen (secondary N) is 1. The van der Waals surface area contributed by atoms with Crippen LogP contribution in [0.1, 0.15) is 24.8 Å². The fraction of sp³-hybridized carbons (Fsp3) is 0.375. The van der Waals surface area contributed by atoms with Gasteiger partial charge in [0.1, 0.15) is 11.5 Å². The van der Waals surface area contributed by atoms with Gasteiger partial charge in [-0.3, -0.25) is 4.40 Å². The maximum Gasteiger partial charge on any atom is 0.320 e. The van der Waals surface area contributed by atoms with Crippen molar-refractivity contribution in [3.8, 4) is 22.4 Å². The van der Waals surface area contributed by atoms with E-state index in [2.05, 4.69) is 42.0 Å². The van der Waals surface area contributed by atoms with Crippen molar-refractivity contribution in [3.05, 3.63) is 72.7 Å². The second-order valence-corrected chi connectivity index (χ2v) is 12.2. The highest BCUT2D eigenvalue weighted by molar-refractivity contribution is 6.01. The molecule has 0 saturated carbocycles. The van der Waals surface area contributed by atoms with Gasteiger partial charge in [-0.25, -0.2) is 14.2 Å². The van der Waals surface area contributed by atoms with Crippen LogP contribution in [0.15, 0.2) is 61.3 Å². The number of likely N-dealkylation sites (tertiary alicyclic amines) is 2. The van der Waals surface area contributed by atoms with E-state index in [1.165, 1.54) is 0 Å². The molecule has 0 unspecified atom stereocenters. The number of rotatable bonds is 2. The van der Waals surface area contributed by atoms with Gasteiger partial charge in [-0.05, 0) is 74.6 Å². The maximum atomic E-state index is 15.2. The lowest BCUT2D eigenvalue weighted by atomic mass is 9.78. The van der Waals surface area contributed by atoms with Crippen LogP contribution in [0.4, 0.5) is 9.18 Å². The minimum atomic E-state index is -0.279. The average Bonchev–Trinajstić information content (AvgIpc) is 3.75. The van der Waals surface area contributed by atoms with Gasteiger partial charge in [-0.2, -0.15) is 0 Å². The highest BCUT2D eigenvalue weighted by Crippen LogP contribution is 2.42. The fourth-order valence-corrected chi connectivity index (χ4v) is 7.41. The lowest BCUT2D eigenvalue weighted by Crippen LogP contribution is -2.45. The number of benzene rings is 1. The first-order valence-corrected chi connectivity index (χ1v) is 14.6. The van der Waals surface area contributed by atoms with Crippen molar-refractivity contribution < 1.29 is 9.18 Å². The average molecular weight is 552 g/mol. The van der Waals surface area contributed by atoms with Crippen molar-refractivity contribution in [1.29, 1.82) is 0 Å². The standard InChI is InChI=1S/C32H34FN7O/c1-36-9-5-32(6-10-36)7-11-39(21-32)31(41)38-13-12-37-20-27(24-15-23(33)14-22(19-38)30(24)37)25-16-34-17-26(25)28-18-35-29-4-2-3-8-40(28)29/h2-4,8,14-18,20,34H,5-7,9-13,19,21H2,1H3. The summed E-state index contributed by atoms with van der Waals surface area (Å²) in [6.07, 6.45) is 13.4. The second kappa shape index (κ2) is 9.21. The first-order chi connectivity index (χ1) is 20.0. The van der Waals surface area contributed by atoms with Gasteiger partial charge >= 0.3 is 6.03 Å². The molecule has 0 bridgehead atoms. The molecule has 8 nitrogen and oxygen atoms in total. The third kappa shape index (κ3) is 3.97. The SMILES string of the molecule is CN1CCC2(CC1)CCN(C(=O)N1CCn3cc(-c4c[nH]cc4-c4cnc5ccccn45)c4cc(F)cc(c43)C1)C2. The molecule has 3 aliphatic heterocycles. The number of hydrogen-bond donors (Lipinski definition) is 1. The van der Waals surface area contributed by atoms with E-state index in [1.807, 2.05) is 47.9 Å². The zero-order chi connectivity index (χ0) is 27.7. The number of hydrogen-bond acceptors (Lipinski definition) is 3. The molecule has 1 spiro atoms. The Balaban J connectivity index is 1.12. The van der Waals surface area contributed by atoms with Gasteiger partial charge in [0.05, 0.1) is 17.4 Å². The van der Waals surface area contributed by atoms with Crippen molar-refractivity contribution >= 4 is 22.6 Å².